The summed E-state index contributed by atoms with van der Waals surface area (Å²) in [6.45, 7) is 1.41. The number of nitrogens with one attached hydrogen (secondary N) is 1. The Hall–Kier alpha value is -1.62. The van der Waals surface area contributed by atoms with Crippen LogP contribution in [0.4, 0.5) is 10.1 Å². The van der Waals surface area contributed by atoms with Crippen LogP contribution >= 0.6 is 0 Å². The lowest BCUT2D eigenvalue weighted by Crippen LogP contribution is -2.34. The first-order chi connectivity index (χ1) is 8.58. The van der Waals surface area contributed by atoms with Crippen molar-refractivity contribution in [3.63, 3.8) is 0 Å². The largest absolute Gasteiger partial charge is 0.396 e. The van der Waals surface area contributed by atoms with Gasteiger partial charge in [0, 0.05) is 24.7 Å². The first kappa shape index (κ1) is 12.8. The van der Waals surface area contributed by atoms with Gasteiger partial charge >= 0.3 is 0 Å². The van der Waals surface area contributed by atoms with Gasteiger partial charge in [-0.25, -0.2) is 4.39 Å². The number of amides is 1. The zero-order valence-electron chi connectivity index (χ0n) is 10.4. The smallest absolute Gasteiger partial charge is 0.251 e. The average molecular weight is 251 g/mol. The van der Waals surface area contributed by atoms with Crippen molar-refractivity contribution in [1.82, 2.24) is 10.2 Å². The zero-order valence-corrected chi connectivity index (χ0v) is 10.4. The number of halogens is 1. The van der Waals surface area contributed by atoms with Gasteiger partial charge in [0.15, 0.2) is 0 Å². The van der Waals surface area contributed by atoms with Gasteiger partial charge in [0.1, 0.15) is 5.82 Å². The second-order valence-electron chi connectivity index (χ2n) is 4.70. The monoisotopic (exact) mass is 251 g/mol. The Morgan fingerprint density at radius 1 is 1.56 bits per heavy atom. The van der Waals surface area contributed by atoms with E-state index in [-0.39, 0.29) is 11.6 Å². The predicted octanol–water partition coefficient (Wildman–Crippen LogP) is 1.23. The first-order valence-electron chi connectivity index (χ1n) is 6.11. The number of carbonyl (C=O) groups excluding carboxylic acids is 1. The number of benzene rings is 1. The molecule has 1 saturated carbocycles. The molecular formula is C13H18FN3O. The fourth-order valence-electron chi connectivity index (χ4n) is 1.83. The van der Waals surface area contributed by atoms with E-state index in [1.54, 1.807) is 0 Å². The van der Waals surface area contributed by atoms with E-state index in [1.807, 2.05) is 0 Å². The Morgan fingerprint density at radius 2 is 2.28 bits per heavy atom. The fraction of sp³-hybridized carbons (Fsp3) is 0.462. The summed E-state index contributed by atoms with van der Waals surface area (Å²) in [5, 5.41) is 2.80. The molecule has 1 aromatic rings. The number of hydrogen-bond donors (Lipinski definition) is 2. The van der Waals surface area contributed by atoms with Gasteiger partial charge in [0.25, 0.3) is 5.91 Å². The maximum Gasteiger partial charge on any atom is 0.251 e. The summed E-state index contributed by atoms with van der Waals surface area (Å²) in [4.78, 5) is 14.0. The van der Waals surface area contributed by atoms with E-state index in [0.717, 1.165) is 6.54 Å². The van der Waals surface area contributed by atoms with E-state index in [9.17, 15) is 9.18 Å². The Labute approximate surface area is 106 Å². The molecule has 1 fully saturated rings. The normalized spacial score (nSPS) is 14.8. The summed E-state index contributed by atoms with van der Waals surface area (Å²) in [5.41, 5.74) is 5.81. The van der Waals surface area contributed by atoms with Crippen molar-refractivity contribution < 1.29 is 9.18 Å². The van der Waals surface area contributed by atoms with Crippen LogP contribution in [0.2, 0.25) is 0 Å². The molecule has 0 aliphatic heterocycles. The van der Waals surface area contributed by atoms with Crippen LogP contribution in [0.1, 0.15) is 23.2 Å². The standard InChI is InChI=1S/C13H18FN3O/c1-17(10-3-4-10)7-6-16-13(18)9-2-5-11(14)12(15)8-9/h2,5,8,10H,3-4,6-7,15H2,1H3,(H,16,18). The summed E-state index contributed by atoms with van der Waals surface area (Å²) in [6, 6.07) is 4.69. The molecule has 0 atom stereocenters. The Bertz CT molecular complexity index is 446. The van der Waals surface area contributed by atoms with Crippen LogP contribution in [0.3, 0.4) is 0 Å². The van der Waals surface area contributed by atoms with Crippen molar-refractivity contribution in [2.75, 3.05) is 25.9 Å². The van der Waals surface area contributed by atoms with Gasteiger partial charge in [-0.1, -0.05) is 0 Å². The molecule has 98 valence electrons. The maximum atomic E-state index is 13.0. The van der Waals surface area contributed by atoms with Crippen molar-refractivity contribution in [2.24, 2.45) is 0 Å². The number of likely N-dealkylation sites (N-methyl/N-ethyl adjacent to an activating group) is 1. The van der Waals surface area contributed by atoms with Crippen molar-refractivity contribution in [2.45, 2.75) is 18.9 Å². The van der Waals surface area contributed by atoms with Crippen LogP contribution in [-0.4, -0.2) is 37.0 Å². The van der Waals surface area contributed by atoms with E-state index in [4.69, 9.17) is 5.73 Å². The van der Waals surface area contributed by atoms with Gasteiger partial charge in [-0.3, -0.25) is 4.79 Å². The SMILES string of the molecule is CN(CCNC(=O)c1ccc(F)c(N)c1)C1CC1. The number of nitrogens with two attached hydrogens (primary N) is 1. The Kier molecular flexibility index (Phi) is 3.81. The van der Waals surface area contributed by atoms with Gasteiger partial charge in [0.2, 0.25) is 0 Å². The van der Waals surface area contributed by atoms with E-state index in [1.165, 1.54) is 31.0 Å². The molecule has 0 radical (unpaired) electrons. The Balaban J connectivity index is 1.81. The van der Waals surface area contributed by atoms with E-state index in [2.05, 4.69) is 17.3 Å². The lowest BCUT2D eigenvalue weighted by Gasteiger charge is -2.15. The molecule has 0 spiro atoms. The lowest BCUT2D eigenvalue weighted by atomic mass is 10.2. The van der Waals surface area contributed by atoms with Gasteiger partial charge in [0.05, 0.1) is 5.69 Å². The van der Waals surface area contributed by atoms with Crippen LogP contribution in [-0.2, 0) is 0 Å². The highest BCUT2D eigenvalue weighted by atomic mass is 19.1. The molecule has 0 unspecified atom stereocenters. The highest BCUT2D eigenvalue weighted by molar-refractivity contribution is 5.95. The number of rotatable bonds is 5. The third-order valence-electron chi connectivity index (χ3n) is 3.18. The molecule has 1 amide bonds. The number of anilines is 1. The van der Waals surface area contributed by atoms with Crippen molar-refractivity contribution in [1.29, 1.82) is 0 Å². The molecule has 1 aliphatic carbocycles. The van der Waals surface area contributed by atoms with E-state index < -0.39 is 5.82 Å². The molecule has 18 heavy (non-hydrogen) atoms. The van der Waals surface area contributed by atoms with E-state index in [0.29, 0.717) is 18.2 Å². The molecule has 0 heterocycles. The molecule has 1 aromatic carbocycles. The average Bonchev–Trinajstić information content (AvgIpc) is 3.16. The minimum absolute atomic E-state index is 0.00208. The van der Waals surface area contributed by atoms with Crippen LogP contribution in [0.15, 0.2) is 18.2 Å². The first-order valence-corrected chi connectivity index (χ1v) is 6.11. The van der Waals surface area contributed by atoms with Crippen molar-refractivity contribution in [3.05, 3.63) is 29.6 Å². The highest BCUT2D eigenvalue weighted by Crippen LogP contribution is 2.24. The molecule has 3 N–H and O–H groups in total. The second-order valence-corrected chi connectivity index (χ2v) is 4.70. The molecule has 1 aliphatic rings. The molecule has 0 aromatic heterocycles. The van der Waals surface area contributed by atoms with Gasteiger partial charge in [-0.2, -0.15) is 0 Å². The summed E-state index contributed by atoms with van der Waals surface area (Å²) in [5.74, 6) is -0.717. The maximum absolute atomic E-state index is 13.0. The number of carbonyl (C=O) groups is 1. The Morgan fingerprint density at radius 3 is 2.89 bits per heavy atom. The van der Waals surface area contributed by atoms with Crippen molar-refractivity contribution >= 4 is 11.6 Å². The molecule has 4 nitrogen and oxygen atoms in total. The predicted molar refractivity (Wildman–Crippen MR) is 68.8 cm³/mol. The van der Waals surface area contributed by atoms with Crippen LogP contribution in [0, 0.1) is 5.82 Å². The summed E-state index contributed by atoms with van der Waals surface area (Å²) < 4.78 is 13.0. The molecular weight excluding hydrogens is 233 g/mol. The summed E-state index contributed by atoms with van der Waals surface area (Å²) >= 11 is 0. The molecule has 0 saturated heterocycles. The summed E-state index contributed by atoms with van der Waals surface area (Å²) in [7, 11) is 2.06. The van der Waals surface area contributed by atoms with Crippen molar-refractivity contribution in [3.8, 4) is 0 Å². The van der Waals surface area contributed by atoms with Gasteiger partial charge in [-0.05, 0) is 38.1 Å². The van der Waals surface area contributed by atoms with Crippen LogP contribution in [0.25, 0.3) is 0 Å². The fourth-order valence-corrected chi connectivity index (χ4v) is 1.83. The quantitative estimate of drug-likeness (QED) is 0.774. The zero-order chi connectivity index (χ0) is 13.1. The minimum atomic E-state index is -0.500. The number of nitrogens with zero attached hydrogens (tertiary/aromatic N) is 1. The van der Waals surface area contributed by atoms with Crippen LogP contribution in [0.5, 0.6) is 0 Å². The number of hydrogen-bond acceptors (Lipinski definition) is 3. The molecule has 5 heteroatoms. The molecule has 2 rings (SSSR count). The number of nitrogen functional groups attached to an aromatic ring is 1. The molecule has 0 bridgehead atoms. The topological polar surface area (TPSA) is 58.4 Å². The lowest BCUT2D eigenvalue weighted by molar-refractivity contribution is 0.0949. The van der Waals surface area contributed by atoms with Gasteiger partial charge in [-0.15, -0.1) is 0 Å². The van der Waals surface area contributed by atoms with Gasteiger partial charge < -0.3 is 16.0 Å². The second kappa shape index (κ2) is 5.35. The summed E-state index contributed by atoms with van der Waals surface area (Å²) in [6.07, 6.45) is 2.50. The third kappa shape index (κ3) is 3.20. The van der Waals surface area contributed by atoms with E-state index >= 15 is 0 Å². The minimum Gasteiger partial charge on any atom is -0.396 e. The van der Waals surface area contributed by atoms with Crippen LogP contribution < -0.4 is 11.1 Å². The highest BCUT2D eigenvalue weighted by Gasteiger charge is 2.25. The third-order valence-corrected chi connectivity index (χ3v) is 3.18.